The average Bonchev–Trinajstić information content (AvgIpc) is 3.25. The largest absolute Gasteiger partial charge is 0.393 e. The van der Waals surface area contributed by atoms with E-state index in [1.165, 1.54) is 0 Å². The van der Waals surface area contributed by atoms with E-state index in [0.717, 1.165) is 37.7 Å². The predicted molar refractivity (Wildman–Crippen MR) is 100 cm³/mol. The molecule has 0 saturated carbocycles. The second-order valence-electron chi connectivity index (χ2n) is 7.28. The van der Waals surface area contributed by atoms with Gasteiger partial charge in [-0.1, -0.05) is 61.6 Å². The molecule has 2 heterocycles. The SMILES string of the molecule is CC[C@@H](O)C/C=C\C[C@@H]1C(/C=C/C(O)c2ccccc2)[C@@H]2CC[C@H]1O2. The van der Waals surface area contributed by atoms with E-state index in [1.54, 1.807) is 0 Å². The van der Waals surface area contributed by atoms with Crippen molar-refractivity contribution >= 4 is 0 Å². The molecule has 2 saturated heterocycles. The Morgan fingerprint density at radius 1 is 1.12 bits per heavy atom. The van der Waals surface area contributed by atoms with Gasteiger partial charge in [0.1, 0.15) is 0 Å². The number of rotatable bonds is 8. The monoisotopic (exact) mass is 342 g/mol. The fraction of sp³-hybridized carbons (Fsp3) is 0.545. The van der Waals surface area contributed by atoms with E-state index >= 15 is 0 Å². The fourth-order valence-corrected chi connectivity index (χ4v) is 4.05. The lowest BCUT2D eigenvalue weighted by Gasteiger charge is -2.25. The van der Waals surface area contributed by atoms with Crippen LogP contribution in [0.1, 0.15) is 50.7 Å². The third-order valence-electron chi connectivity index (χ3n) is 5.60. The molecule has 0 spiro atoms. The van der Waals surface area contributed by atoms with Crippen molar-refractivity contribution in [3.63, 3.8) is 0 Å². The zero-order valence-corrected chi connectivity index (χ0v) is 15.0. The molecular weight excluding hydrogens is 312 g/mol. The van der Waals surface area contributed by atoms with Crippen LogP contribution in [0.15, 0.2) is 54.6 Å². The molecule has 2 aliphatic rings. The maximum atomic E-state index is 10.4. The lowest BCUT2D eigenvalue weighted by molar-refractivity contribution is 0.0899. The van der Waals surface area contributed by atoms with Crippen molar-refractivity contribution in [2.75, 3.05) is 0 Å². The van der Waals surface area contributed by atoms with E-state index in [0.29, 0.717) is 24.0 Å². The Bertz CT molecular complexity index is 580. The van der Waals surface area contributed by atoms with E-state index in [4.69, 9.17) is 4.74 Å². The van der Waals surface area contributed by atoms with Gasteiger partial charge in [-0.15, -0.1) is 0 Å². The number of allylic oxidation sites excluding steroid dienone is 1. The summed E-state index contributed by atoms with van der Waals surface area (Å²) in [6.45, 7) is 2.00. The standard InChI is InChI=1S/C22H30O3/c1-2-17(23)10-6-7-11-18-19(22-15-14-21(18)25-22)12-13-20(24)16-8-4-3-5-9-16/h3-9,12-13,17-24H,2,10-11,14-15H2,1H3/b7-6-,13-12+/t17-,18-,19?,20?,21-,22+/m1/s1. The summed E-state index contributed by atoms with van der Waals surface area (Å²) in [5.74, 6) is 0.853. The maximum Gasteiger partial charge on any atom is 0.0971 e. The molecule has 2 fully saturated rings. The van der Waals surface area contributed by atoms with Crippen LogP contribution in [0.5, 0.6) is 0 Å². The van der Waals surface area contributed by atoms with Crippen molar-refractivity contribution in [3.8, 4) is 0 Å². The highest BCUT2D eigenvalue weighted by atomic mass is 16.5. The van der Waals surface area contributed by atoms with Gasteiger partial charge in [0, 0.05) is 5.92 Å². The first-order valence-corrected chi connectivity index (χ1v) is 9.59. The third-order valence-corrected chi connectivity index (χ3v) is 5.60. The zero-order chi connectivity index (χ0) is 17.6. The zero-order valence-electron chi connectivity index (χ0n) is 15.0. The number of aliphatic hydroxyl groups is 2. The van der Waals surface area contributed by atoms with E-state index in [1.807, 2.05) is 43.3 Å². The van der Waals surface area contributed by atoms with Crippen molar-refractivity contribution < 1.29 is 14.9 Å². The van der Waals surface area contributed by atoms with Crippen LogP contribution < -0.4 is 0 Å². The summed E-state index contributed by atoms with van der Waals surface area (Å²) in [7, 11) is 0. The van der Waals surface area contributed by atoms with Crippen LogP contribution in [0.4, 0.5) is 0 Å². The van der Waals surface area contributed by atoms with Gasteiger partial charge in [0.2, 0.25) is 0 Å². The van der Waals surface area contributed by atoms with Gasteiger partial charge >= 0.3 is 0 Å². The van der Waals surface area contributed by atoms with Gasteiger partial charge in [0.05, 0.1) is 24.4 Å². The van der Waals surface area contributed by atoms with Crippen LogP contribution in [0, 0.1) is 11.8 Å². The minimum Gasteiger partial charge on any atom is -0.393 e. The molecule has 3 heteroatoms. The predicted octanol–water partition coefficient (Wildman–Crippen LogP) is 4.18. The number of hydrogen-bond donors (Lipinski definition) is 2. The summed E-state index contributed by atoms with van der Waals surface area (Å²) in [6.07, 6.45) is 13.0. The fourth-order valence-electron chi connectivity index (χ4n) is 4.05. The second-order valence-corrected chi connectivity index (χ2v) is 7.28. The molecule has 3 nitrogen and oxygen atoms in total. The van der Waals surface area contributed by atoms with Gasteiger partial charge < -0.3 is 14.9 Å². The van der Waals surface area contributed by atoms with Crippen molar-refractivity contribution in [3.05, 3.63) is 60.2 Å². The Balaban J connectivity index is 1.59. The molecule has 2 bridgehead atoms. The number of ether oxygens (including phenoxy) is 1. The molecule has 1 aromatic carbocycles. The highest BCUT2D eigenvalue weighted by molar-refractivity contribution is 5.21. The van der Waals surface area contributed by atoms with Crippen LogP contribution in [0.2, 0.25) is 0 Å². The summed E-state index contributed by atoms with van der Waals surface area (Å²) in [5, 5.41) is 20.0. The number of fused-ring (bicyclic) bond motifs is 2. The summed E-state index contributed by atoms with van der Waals surface area (Å²) in [6, 6.07) is 9.76. The Morgan fingerprint density at radius 3 is 2.64 bits per heavy atom. The molecule has 0 aromatic heterocycles. The molecule has 0 radical (unpaired) electrons. The van der Waals surface area contributed by atoms with Gasteiger partial charge in [0.15, 0.2) is 0 Å². The third kappa shape index (κ3) is 4.60. The minimum absolute atomic E-state index is 0.232. The van der Waals surface area contributed by atoms with Gasteiger partial charge in [-0.3, -0.25) is 0 Å². The summed E-state index contributed by atoms with van der Waals surface area (Å²) < 4.78 is 6.12. The molecule has 25 heavy (non-hydrogen) atoms. The van der Waals surface area contributed by atoms with Crippen molar-refractivity contribution in [1.82, 2.24) is 0 Å². The smallest absolute Gasteiger partial charge is 0.0971 e. The Kier molecular flexibility index (Phi) is 6.46. The molecule has 3 rings (SSSR count). The van der Waals surface area contributed by atoms with Gasteiger partial charge in [-0.05, 0) is 43.6 Å². The summed E-state index contributed by atoms with van der Waals surface area (Å²) in [4.78, 5) is 0. The first kappa shape index (κ1) is 18.4. The van der Waals surface area contributed by atoms with E-state index in [-0.39, 0.29) is 6.10 Å². The molecule has 0 amide bonds. The maximum absolute atomic E-state index is 10.4. The lowest BCUT2D eigenvalue weighted by Crippen LogP contribution is -2.25. The highest BCUT2D eigenvalue weighted by Crippen LogP contribution is 2.46. The molecule has 1 aromatic rings. The molecule has 2 unspecified atom stereocenters. The number of aliphatic hydroxyl groups excluding tert-OH is 2. The first-order chi connectivity index (χ1) is 12.2. The molecular formula is C22H30O3. The highest BCUT2D eigenvalue weighted by Gasteiger charge is 2.46. The molecule has 136 valence electrons. The summed E-state index contributed by atoms with van der Waals surface area (Å²) in [5.41, 5.74) is 0.924. The van der Waals surface area contributed by atoms with E-state index < -0.39 is 6.10 Å². The number of benzene rings is 1. The van der Waals surface area contributed by atoms with Crippen molar-refractivity contribution in [1.29, 1.82) is 0 Å². The Morgan fingerprint density at radius 2 is 1.88 bits per heavy atom. The second kappa shape index (κ2) is 8.79. The Hall–Kier alpha value is -1.42. The van der Waals surface area contributed by atoms with Crippen LogP contribution >= 0.6 is 0 Å². The average molecular weight is 342 g/mol. The Labute approximate surface area is 151 Å². The number of hydrogen-bond acceptors (Lipinski definition) is 3. The minimum atomic E-state index is -0.559. The molecule has 2 aliphatic heterocycles. The van der Waals surface area contributed by atoms with Crippen LogP contribution in [0.25, 0.3) is 0 Å². The van der Waals surface area contributed by atoms with Crippen molar-refractivity contribution in [2.24, 2.45) is 11.8 Å². The van der Waals surface area contributed by atoms with E-state index in [9.17, 15) is 10.2 Å². The quantitative estimate of drug-likeness (QED) is 0.697. The van der Waals surface area contributed by atoms with Gasteiger partial charge in [-0.25, -0.2) is 0 Å². The molecule has 6 atom stereocenters. The summed E-state index contributed by atoms with van der Waals surface area (Å²) >= 11 is 0. The normalized spacial score (nSPS) is 31.2. The molecule has 0 aliphatic carbocycles. The lowest BCUT2D eigenvalue weighted by atomic mass is 9.77. The van der Waals surface area contributed by atoms with Gasteiger partial charge in [-0.2, -0.15) is 0 Å². The molecule has 2 N–H and O–H groups in total. The van der Waals surface area contributed by atoms with Crippen LogP contribution in [-0.4, -0.2) is 28.5 Å². The van der Waals surface area contributed by atoms with Crippen LogP contribution in [0.3, 0.4) is 0 Å². The van der Waals surface area contributed by atoms with Crippen LogP contribution in [-0.2, 0) is 4.74 Å². The van der Waals surface area contributed by atoms with E-state index in [2.05, 4.69) is 18.2 Å². The van der Waals surface area contributed by atoms with Gasteiger partial charge in [0.25, 0.3) is 0 Å². The topological polar surface area (TPSA) is 49.7 Å². The first-order valence-electron chi connectivity index (χ1n) is 9.59. The van der Waals surface area contributed by atoms with Crippen molar-refractivity contribution in [2.45, 2.75) is 63.4 Å².